The van der Waals surface area contributed by atoms with Gasteiger partial charge in [-0.3, -0.25) is 4.79 Å². The molecule has 222 valence electrons. The number of carbonyl (C=O) groups excluding carboxylic acids is 1. The first kappa shape index (κ1) is 29.8. The zero-order chi connectivity index (χ0) is 28.6. The summed E-state index contributed by atoms with van der Waals surface area (Å²) in [6, 6.07) is 0. The first-order valence-corrected chi connectivity index (χ1v) is 16.7. The van der Waals surface area contributed by atoms with Gasteiger partial charge in [0.25, 0.3) is 0 Å². The van der Waals surface area contributed by atoms with Crippen LogP contribution in [0.15, 0.2) is 12.2 Å². The van der Waals surface area contributed by atoms with Gasteiger partial charge < -0.3 is 9.84 Å². The van der Waals surface area contributed by atoms with E-state index in [-0.39, 0.29) is 5.41 Å². The summed E-state index contributed by atoms with van der Waals surface area (Å²) in [5, 5.41) is 10.9. The lowest BCUT2D eigenvalue weighted by Crippen LogP contribution is -2.67. The molecule has 0 aromatic carbocycles. The van der Waals surface area contributed by atoms with Crippen LogP contribution in [0.5, 0.6) is 0 Å². The molecule has 3 heteroatoms. The number of Topliss-reactive ketones (excluding diaryl/α,β-unsaturated/α-hetero) is 1. The molecule has 3 nitrogen and oxygen atoms in total. The van der Waals surface area contributed by atoms with Gasteiger partial charge in [0.1, 0.15) is 5.78 Å². The Hall–Kier alpha value is -0.670. The Morgan fingerprint density at radius 1 is 0.923 bits per heavy atom. The molecule has 12 atom stereocenters. The van der Waals surface area contributed by atoms with E-state index in [9.17, 15) is 9.90 Å². The van der Waals surface area contributed by atoms with Gasteiger partial charge in [-0.2, -0.15) is 0 Å². The Balaban J connectivity index is 1.45. The minimum absolute atomic E-state index is 0.143. The predicted molar refractivity (Wildman–Crippen MR) is 160 cm³/mol. The maximum absolute atomic E-state index is 13.7. The molecule has 1 N–H and O–H groups in total. The lowest BCUT2D eigenvalue weighted by atomic mass is 9.31. The minimum Gasteiger partial charge on any atom is -0.362 e. The number of hydrogen-bond donors (Lipinski definition) is 1. The summed E-state index contributed by atoms with van der Waals surface area (Å²) in [7, 11) is 0. The molecule has 0 amide bonds. The summed E-state index contributed by atoms with van der Waals surface area (Å²) < 4.78 is 6.15. The highest BCUT2D eigenvalue weighted by molar-refractivity contribution is 5.86. The second-order valence-electron chi connectivity index (χ2n) is 16.7. The molecular weight excluding hydrogens is 480 g/mol. The molecule has 0 heterocycles. The second kappa shape index (κ2) is 9.68. The second-order valence-corrected chi connectivity index (χ2v) is 16.7. The molecule has 5 aliphatic rings. The smallest absolute Gasteiger partial charge is 0.182 e. The van der Waals surface area contributed by atoms with Crippen molar-refractivity contribution in [2.45, 2.75) is 139 Å². The molecule has 0 bridgehead atoms. The Bertz CT molecular complexity index is 984. The maximum atomic E-state index is 13.7. The van der Waals surface area contributed by atoms with E-state index in [1.54, 1.807) is 13.0 Å². The fourth-order valence-corrected chi connectivity index (χ4v) is 12.2. The zero-order valence-electron chi connectivity index (χ0n) is 26.9. The van der Waals surface area contributed by atoms with Crippen LogP contribution in [0.2, 0.25) is 0 Å². The van der Waals surface area contributed by atoms with Crippen LogP contribution in [0, 0.1) is 62.6 Å². The summed E-state index contributed by atoms with van der Waals surface area (Å²) in [5.41, 5.74) is 0.832. The van der Waals surface area contributed by atoms with Gasteiger partial charge in [-0.1, -0.05) is 61.5 Å². The minimum atomic E-state index is -1.33. The molecule has 0 saturated heterocycles. The van der Waals surface area contributed by atoms with Gasteiger partial charge in [0.15, 0.2) is 5.79 Å². The molecule has 0 aromatic heterocycles. The topological polar surface area (TPSA) is 46.5 Å². The van der Waals surface area contributed by atoms with E-state index in [2.05, 4.69) is 55.4 Å². The van der Waals surface area contributed by atoms with Crippen LogP contribution >= 0.6 is 0 Å². The van der Waals surface area contributed by atoms with Crippen molar-refractivity contribution in [1.29, 1.82) is 0 Å². The summed E-state index contributed by atoms with van der Waals surface area (Å²) in [6.45, 7) is 22.0. The Morgan fingerprint density at radius 3 is 2.33 bits per heavy atom. The van der Waals surface area contributed by atoms with Gasteiger partial charge in [-0.05, 0) is 134 Å². The van der Waals surface area contributed by atoms with Crippen molar-refractivity contribution in [1.82, 2.24) is 0 Å². The number of ketones is 1. The number of hydrogen-bond acceptors (Lipinski definition) is 3. The summed E-state index contributed by atoms with van der Waals surface area (Å²) in [4.78, 5) is 13.7. The van der Waals surface area contributed by atoms with E-state index in [1.165, 1.54) is 44.9 Å². The van der Waals surface area contributed by atoms with Crippen molar-refractivity contribution in [3.63, 3.8) is 0 Å². The van der Waals surface area contributed by atoms with Gasteiger partial charge in [0, 0.05) is 6.42 Å². The van der Waals surface area contributed by atoms with Crippen molar-refractivity contribution in [2.75, 3.05) is 6.61 Å². The fraction of sp³-hybridized carbons (Fsp3) is 0.917. The largest absolute Gasteiger partial charge is 0.362 e. The number of carbonyl (C=O) groups is 1. The SMILES string of the molecule is CC/C=C/C(C)(O)OCC1(C)C(=O)CCC2(C)C1CCC1(C)C2CCC2C3C(C)C(C)CCC3(C)CCC21C. The fourth-order valence-electron chi connectivity index (χ4n) is 12.2. The van der Waals surface area contributed by atoms with Crippen LogP contribution in [0.25, 0.3) is 0 Å². The van der Waals surface area contributed by atoms with Crippen LogP contribution in [-0.4, -0.2) is 23.3 Å². The standard InChI is InChI=1S/C36H60O3/c1-10-11-17-36(9,38)39-23-33(6)27-15-20-35(8)28(32(27,5)19-16-29(33)37)13-12-26-30-25(3)24(2)14-18-31(30,4)21-22-34(26,35)7/h11,17,24-28,30,38H,10,12-16,18-23H2,1-9H3/b17-11+. The van der Waals surface area contributed by atoms with E-state index in [4.69, 9.17) is 4.74 Å². The number of ether oxygens (including phenoxy) is 1. The Labute approximate surface area is 240 Å². The number of aliphatic hydroxyl groups is 1. The van der Waals surface area contributed by atoms with E-state index in [1.807, 2.05) is 6.08 Å². The van der Waals surface area contributed by atoms with E-state index in [0.29, 0.717) is 46.9 Å². The third-order valence-electron chi connectivity index (χ3n) is 14.9. The van der Waals surface area contributed by atoms with Crippen LogP contribution in [0.3, 0.4) is 0 Å². The third-order valence-corrected chi connectivity index (χ3v) is 14.9. The van der Waals surface area contributed by atoms with Crippen LogP contribution in [0.4, 0.5) is 0 Å². The van der Waals surface area contributed by atoms with Gasteiger partial charge in [0.05, 0.1) is 12.0 Å². The zero-order valence-corrected chi connectivity index (χ0v) is 26.9. The van der Waals surface area contributed by atoms with Crippen molar-refractivity contribution < 1.29 is 14.6 Å². The van der Waals surface area contributed by atoms with E-state index in [0.717, 1.165) is 42.9 Å². The molecular formula is C36H60O3. The average Bonchev–Trinajstić information content (AvgIpc) is 2.88. The molecule has 5 fully saturated rings. The normalized spacial score (nSPS) is 53.3. The summed E-state index contributed by atoms with van der Waals surface area (Å²) in [5.74, 6) is 3.34. The molecule has 0 aliphatic heterocycles. The first-order chi connectivity index (χ1) is 18.1. The van der Waals surface area contributed by atoms with Crippen LogP contribution in [-0.2, 0) is 9.53 Å². The number of rotatable bonds is 5. The molecule has 5 aliphatic carbocycles. The maximum Gasteiger partial charge on any atom is 0.182 e. The van der Waals surface area contributed by atoms with Gasteiger partial charge in [-0.25, -0.2) is 0 Å². The highest BCUT2D eigenvalue weighted by Gasteiger charge is 2.70. The molecule has 5 saturated carbocycles. The molecule has 0 radical (unpaired) electrons. The third kappa shape index (κ3) is 4.28. The van der Waals surface area contributed by atoms with Gasteiger partial charge in [0.2, 0.25) is 0 Å². The Morgan fingerprint density at radius 2 is 1.64 bits per heavy atom. The quantitative estimate of drug-likeness (QED) is 0.279. The first-order valence-electron chi connectivity index (χ1n) is 16.7. The van der Waals surface area contributed by atoms with E-state index >= 15 is 0 Å². The summed E-state index contributed by atoms with van der Waals surface area (Å²) >= 11 is 0. The van der Waals surface area contributed by atoms with Crippen LogP contribution < -0.4 is 0 Å². The van der Waals surface area contributed by atoms with Crippen LogP contribution in [0.1, 0.15) is 133 Å². The van der Waals surface area contributed by atoms with Gasteiger partial charge >= 0.3 is 0 Å². The van der Waals surface area contributed by atoms with Crippen molar-refractivity contribution in [2.24, 2.45) is 62.6 Å². The van der Waals surface area contributed by atoms with Crippen molar-refractivity contribution >= 4 is 5.78 Å². The number of fused-ring (bicyclic) bond motifs is 7. The molecule has 39 heavy (non-hydrogen) atoms. The lowest BCUT2D eigenvalue weighted by molar-refractivity contribution is -0.253. The molecule has 5 rings (SSSR count). The molecule has 0 spiro atoms. The summed E-state index contributed by atoms with van der Waals surface area (Å²) in [6.07, 6.45) is 16.9. The van der Waals surface area contributed by atoms with Crippen molar-refractivity contribution in [3.05, 3.63) is 12.2 Å². The highest BCUT2D eigenvalue weighted by atomic mass is 16.6. The lowest BCUT2D eigenvalue weighted by Gasteiger charge is -2.73. The highest BCUT2D eigenvalue weighted by Crippen LogP contribution is 2.76. The molecule has 12 unspecified atom stereocenters. The van der Waals surface area contributed by atoms with Gasteiger partial charge in [-0.15, -0.1) is 0 Å². The van der Waals surface area contributed by atoms with E-state index < -0.39 is 11.2 Å². The Kier molecular flexibility index (Phi) is 7.40. The predicted octanol–water partition coefficient (Wildman–Crippen LogP) is 8.98. The number of allylic oxidation sites excluding steroid dienone is 1. The van der Waals surface area contributed by atoms with Crippen molar-refractivity contribution in [3.8, 4) is 0 Å². The molecule has 0 aromatic rings. The monoisotopic (exact) mass is 540 g/mol. The average molecular weight is 541 g/mol.